The maximum absolute atomic E-state index is 13.3. The number of halogens is 3. The van der Waals surface area contributed by atoms with Crippen LogP contribution in [0.1, 0.15) is 60.4 Å². The van der Waals surface area contributed by atoms with Gasteiger partial charge in [0.15, 0.2) is 5.65 Å². The highest BCUT2D eigenvalue weighted by atomic mass is 19.4. The molecule has 2 unspecified atom stereocenters. The van der Waals surface area contributed by atoms with E-state index in [0.717, 1.165) is 48.4 Å². The molecule has 2 aliphatic heterocycles. The van der Waals surface area contributed by atoms with Gasteiger partial charge in [0.25, 0.3) is 5.91 Å². The molecular weight excluding hydrogens is 447 g/mol. The summed E-state index contributed by atoms with van der Waals surface area (Å²) in [6, 6.07) is 2.91. The summed E-state index contributed by atoms with van der Waals surface area (Å²) in [4.78, 5) is 22.1. The fourth-order valence-corrected chi connectivity index (χ4v) is 5.07. The molecule has 0 saturated carbocycles. The zero-order chi connectivity index (χ0) is 24.0. The number of carbonyl (C=O) groups is 1. The van der Waals surface area contributed by atoms with Gasteiger partial charge in [0.1, 0.15) is 18.1 Å². The number of anilines is 1. The predicted octanol–water partition coefficient (Wildman–Crippen LogP) is 4.01. The molecule has 5 rings (SSSR count). The van der Waals surface area contributed by atoms with Crippen LogP contribution in [0.25, 0.3) is 5.65 Å². The van der Waals surface area contributed by atoms with Crippen LogP contribution in [0.4, 0.5) is 19.0 Å². The first-order valence-electron chi connectivity index (χ1n) is 11.7. The lowest BCUT2D eigenvalue weighted by Gasteiger charge is -2.34. The average molecular weight is 476 g/mol. The summed E-state index contributed by atoms with van der Waals surface area (Å²) in [6.07, 6.45) is 2.26. The molecule has 11 heteroatoms. The van der Waals surface area contributed by atoms with E-state index < -0.39 is 18.6 Å². The molecule has 3 aromatic heterocycles. The molecule has 5 heterocycles. The van der Waals surface area contributed by atoms with Gasteiger partial charge < -0.3 is 9.80 Å². The van der Waals surface area contributed by atoms with Gasteiger partial charge in [-0.25, -0.2) is 9.50 Å². The number of piperidine rings is 1. The molecule has 2 saturated heterocycles. The summed E-state index contributed by atoms with van der Waals surface area (Å²) in [5.74, 6) is 1.13. The van der Waals surface area contributed by atoms with E-state index in [9.17, 15) is 18.0 Å². The molecule has 0 bridgehead atoms. The standard InChI is InChI=1S/C23H28F3N7O/c1-15-7-10-30(12-15)21-16(2)13-32-20(28-21)11-17(29-32)18-5-3-4-9-31(18)22(34)19-6-8-27-33(19)14-23(24,25)26/h6,8,11,13,15,18H,3-5,7,9-10,12,14H2,1-2H3. The molecule has 0 aromatic carbocycles. The summed E-state index contributed by atoms with van der Waals surface area (Å²) in [5.41, 5.74) is 2.38. The van der Waals surface area contributed by atoms with Crippen molar-refractivity contribution in [3.63, 3.8) is 0 Å². The van der Waals surface area contributed by atoms with Gasteiger partial charge in [-0.15, -0.1) is 0 Å². The second-order valence-corrected chi connectivity index (χ2v) is 9.46. The Morgan fingerprint density at radius 1 is 1.21 bits per heavy atom. The number of aromatic nitrogens is 5. The van der Waals surface area contributed by atoms with Crippen LogP contribution >= 0.6 is 0 Å². The summed E-state index contributed by atoms with van der Waals surface area (Å²) in [6.45, 7) is 5.36. The minimum Gasteiger partial charge on any atom is -0.356 e. The SMILES string of the molecule is Cc1cn2nc(C3CCCCN3C(=O)c3ccnn3CC(F)(F)F)cc2nc1N1CCC(C)C1. The number of hydrogen-bond acceptors (Lipinski definition) is 5. The third-order valence-corrected chi connectivity index (χ3v) is 6.72. The lowest BCUT2D eigenvalue weighted by Crippen LogP contribution is -2.40. The van der Waals surface area contributed by atoms with Crippen LogP contribution < -0.4 is 4.90 Å². The Morgan fingerprint density at radius 2 is 2.03 bits per heavy atom. The number of alkyl halides is 3. The van der Waals surface area contributed by atoms with Crippen LogP contribution in [0.5, 0.6) is 0 Å². The van der Waals surface area contributed by atoms with E-state index in [-0.39, 0.29) is 11.7 Å². The Morgan fingerprint density at radius 3 is 2.76 bits per heavy atom. The van der Waals surface area contributed by atoms with Crippen LogP contribution in [-0.4, -0.2) is 61.0 Å². The van der Waals surface area contributed by atoms with E-state index in [0.29, 0.717) is 30.2 Å². The van der Waals surface area contributed by atoms with E-state index in [1.165, 1.54) is 12.3 Å². The summed E-state index contributed by atoms with van der Waals surface area (Å²) in [7, 11) is 0. The Balaban J connectivity index is 1.44. The highest BCUT2D eigenvalue weighted by molar-refractivity contribution is 5.93. The van der Waals surface area contributed by atoms with Crippen LogP contribution in [0.15, 0.2) is 24.5 Å². The third-order valence-electron chi connectivity index (χ3n) is 6.72. The minimum atomic E-state index is -4.46. The van der Waals surface area contributed by atoms with Crippen molar-refractivity contribution >= 4 is 17.4 Å². The normalized spacial score (nSPS) is 21.6. The van der Waals surface area contributed by atoms with Crippen molar-refractivity contribution in [1.29, 1.82) is 0 Å². The zero-order valence-corrected chi connectivity index (χ0v) is 19.3. The molecule has 2 aliphatic rings. The summed E-state index contributed by atoms with van der Waals surface area (Å²) >= 11 is 0. The second kappa shape index (κ2) is 8.59. The van der Waals surface area contributed by atoms with Gasteiger partial charge in [-0.05, 0) is 44.6 Å². The van der Waals surface area contributed by atoms with Crippen molar-refractivity contribution in [1.82, 2.24) is 29.3 Å². The van der Waals surface area contributed by atoms with Crippen LogP contribution in [-0.2, 0) is 6.54 Å². The minimum absolute atomic E-state index is 0.0626. The van der Waals surface area contributed by atoms with Crippen molar-refractivity contribution in [2.45, 2.75) is 58.3 Å². The number of carbonyl (C=O) groups excluding carboxylic acids is 1. The number of hydrogen-bond donors (Lipinski definition) is 0. The van der Waals surface area contributed by atoms with Gasteiger partial charge >= 0.3 is 6.18 Å². The number of nitrogens with zero attached hydrogens (tertiary/aromatic N) is 7. The molecule has 8 nitrogen and oxygen atoms in total. The fraction of sp³-hybridized carbons (Fsp3) is 0.565. The Hall–Kier alpha value is -3.11. The van der Waals surface area contributed by atoms with E-state index in [1.807, 2.05) is 19.2 Å². The van der Waals surface area contributed by atoms with Crippen molar-refractivity contribution in [2.24, 2.45) is 5.92 Å². The molecule has 1 amide bonds. The molecule has 182 valence electrons. The molecule has 2 atom stereocenters. The largest absolute Gasteiger partial charge is 0.408 e. The average Bonchev–Trinajstić information content (AvgIpc) is 3.51. The summed E-state index contributed by atoms with van der Waals surface area (Å²) in [5, 5.41) is 8.44. The number of amides is 1. The van der Waals surface area contributed by atoms with Gasteiger partial charge in [0.2, 0.25) is 0 Å². The van der Waals surface area contributed by atoms with E-state index >= 15 is 0 Å². The van der Waals surface area contributed by atoms with Gasteiger partial charge in [0, 0.05) is 43.7 Å². The van der Waals surface area contributed by atoms with Gasteiger partial charge in [-0.3, -0.25) is 9.48 Å². The molecule has 0 N–H and O–H groups in total. The van der Waals surface area contributed by atoms with E-state index in [1.54, 1.807) is 9.42 Å². The highest BCUT2D eigenvalue weighted by Gasteiger charge is 2.35. The molecular formula is C23H28F3N7O. The topological polar surface area (TPSA) is 71.6 Å². The monoisotopic (exact) mass is 475 g/mol. The van der Waals surface area contributed by atoms with Crippen molar-refractivity contribution < 1.29 is 18.0 Å². The van der Waals surface area contributed by atoms with E-state index in [4.69, 9.17) is 10.1 Å². The Kier molecular flexibility index (Phi) is 5.73. The van der Waals surface area contributed by atoms with Crippen LogP contribution in [0.2, 0.25) is 0 Å². The molecule has 0 radical (unpaired) electrons. The lowest BCUT2D eigenvalue weighted by atomic mass is 9.99. The smallest absolute Gasteiger partial charge is 0.356 e. The summed E-state index contributed by atoms with van der Waals surface area (Å²) < 4.78 is 41.3. The van der Waals surface area contributed by atoms with Crippen molar-refractivity contribution in [3.8, 4) is 0 Å². The molecule has 2 fully saturated rings. The molecule has 3 aromatic rings. The number of fused-ring (bicyclic) bond motifs is 1. The highest BCUT2D eigenvalue weighted by Crippen LogP contribution is 2.33. The number of aryl methyl sites for hydroxylation is 1. The van der Waals surface area contributed by atoms with Gasteiger partial charge in [-0.2, -0.15) is 23.4 Å². The zero-order valence-electron chi connectivity index (χ0n) is 19.3. The quantitative estimate of drug-likeness (QED) is 0.570. The maximum atomic E-state index is 13.3. The van der Waals surface area contributed by atoms with Crippen LogP contribution in [0.3, 0.4) is 0 Å². The Labute approximate surface area is 195 Å². The molecule has 34 heavy (non-hydrogen) atoms. The second-order valence-electron chi connectivity index (χ2n) is 9.46. The predicted molar refractivity (Wildman–Crippen MR) is 120 cm³/mol. The fourth-order valence-electron chi connectivity index (χ4n) is 5.07. The maximum Gasteiger partial charge on any atom is 0.408 e. The first-order valence-corrected chi connectivity index (χ1v) is 11.7. The van der Waals surface area contributed by atoms with Crippen molar-refractivity contribution in [3.05, 3.63) is 41.5 Å². The third kappa shape index (κ3) is 4.35. The first kappa shape index (κ1) is 22.7. The number of rotatable bonds is 4. The van der Waals surface area contributed by atoms with E-state index in [2.05, 4.69) is 16.9 Å². The molecule has 0 spiro atoms. The first-order chi connectivity index (χ1) is 16.2. The number of likely N-dealkylation sites (tertiary alicyclic amines) is 1. The molecule has 0 aliphatic carbocycles. The Bertz CT molecular complexity index is 1200. The van der Waals surface area contributed by atoms with Gasteiger partial charge in [0.05, 0.1) is 11.7 Å². The van der Waals surface area contributed by atoms with Crippen molar-refractivity contribution in [2.75, 3.05) is 24.5 Å². The van der Waals surface area contributed by atoms with Gasteiger partial charge in [-0.1, -0.05) is 6.92 Å². The lowest BCUT2D eigenvalue weighted by molar-refractivity contribution is -0.142. The van der Waals surface area contributed by atoms with Crippen LogP contribution in [0, 0.1) is 12.8 Å².